The molecule has 0 aliphatic carbocycles. The molecule has 1 saturated heterocycles. The Balaban J connectivity index is 1.87. The maximum atomic E-state index is 11.6. The molecule has 0 spiro atoms. The molecule has 19 heavy (non-hydrogen) atoms. The van der Waals surface area contributed by atoms with Crippen LogP contribution in [0.15, 0.2) is 34.1 Å². The first-order chi connectivity index (χ1) is 9.13. The van der Waals surface area contributed by atoms with E-state index < -0.39 is 0 Å². The second kappa shape index (κ2) is 4.94. The van der Waals surface area contributed by atoms with Crippen LogP contribution in [0.4, 0.5) is 9.93 Å². The van der Waals surface area contributed by atoms with Crippen LogP contribution in [-0.2, 0) is 4.74 Å². The van der Waals surface area contributed by atoms with Crippen LogP contribution in [0.3, 0.4) is 0 Å². The lowest BCUT2D eigenvalue weighted by Gasteiger charge is -2.07. The largest absolute Gasteiger partial charge is 0.444 e. The number of rotatable bonds is 2. The Bertz CT molecular complexity index is 611. The topological polar surface area (TPSA) is 42.4 Å². The van der Waals surface area contributed by atoms with Crippen LogP contribution in [0.1, 0.15) is 6.92 Å². The van der Waals surface area contributed by atoms with Crippen LogP contribution in [0.25, 0.3) is 11.3 Å². The number of ether oxygens (including phenoxy) is 1. The number of halogens is 1. The third kappa shape index (κ3) is 2.50. The molecule has 98 valence electrons. The Morgan fingerprint density at radius 2 is 2.16 bits per heavy atom. The van der Waals surface area contributed by atoms with Crippen LogP contribution in [-0.4, -0.2) is 23.7 Å². The molecule has 1 fully saturated rings. The van der Waals surface area contributed by atoms with Crippen LogP contribution >= 0.6 is 27.3 Å². The molecule has 6 heteroatoms. The van der Waals surface area contributed by atoms with Gasteiger partial charge in [0.05, 0.1) is 12.2 Å². The maximum absolute atomic E-state index is 11.6. The van der Waals surface area contributed by atoms with E-state index in [1.165, 1.54) is 11.3 Å². The van der Waals surface area contributed by atoms with Crippen molar-refractivity contribution in [3.8, 4) is 11.3 Å². The Hall–Kier alpha value is -1.40. The van der Waals surface area contributed by atoms with Gasteiger partial charge in [0.15, 0.2) is 5.13 Å². The molecule has 0 radical (unpaired) electrons. The number of amides is 1. The second-order valence-corrected chi connectivity index (χ2v) is 6.08. The smallest absolute Gasteiger partial charge is 0.416 e. The molecule has 1 amide bonds. The summed E-state index contributed by atoms with van der Waals surface area (Å²) in [7, 11) is 0. The minimum absolute atomic E-state index is 0.0764. The molecule has 1 aromatic carbocycles. The van der Waals surface area contributed by atoms with Crippen molar-refractivity contribution in [3.05, 3.63) is 34.1 Å². The fraction of sp³-hybridized carbons (Fsp3) is 0.231. The molecule has 0 N–H and O–H groups in total. The normalized spacial score (nSPS) is 18.7. The minimum atomic E-state index is -0.316. The van der Waals surface area contributed by atoms with Crippen molar-refractivity contribution in [3.63, 3.8) is 0 Å². The Labute approximate surface area is 123 Å². The van der Waals surface area contributed by atoms with E-state index in [1.807, 2.05) is 36.6 Å². The van der Waals surface area contributed by atoms with Crippen LogP contribution in [0.5, 0.6) is 0 Å². The molecular weight excluding hydrogens is 328 g/mol. The van der Waals surface area contributed by atoms with Gasteiger partial charge in [-0.25, -0.2) is 14.7 Å². The lowest BCUT2D eigenvalue weighted by molar-refractivity contribution is 0.150. The molecule has 1 aromatic heterocycles. The van der Waals surface area contributed by atoms with E-state index in [4.69, 9.17) is 4.74 Å². The summed E-state index contributed by atoms with van der Waals surface area (Å²) < 4.78 is 6.14. The van der Waals surface area contributed by atoms with Gasteiger partial charge in [-0.2, -0.15) is 0 Å². The van der Waals surface area contributed by atoms with Gasteiger partial charge in [-0.05, 0) is 19.1 Å². The van der Waals surface area contributed by atoms with Gasteiger partial charge in [0.25, 0.3) is 0 Å². The highest BCUT2D eigenvalue weighted by atomic mass is 79.9. The molecule has 1 aliphatic heterocycles. The maximum Gasteiger partial charge on any atom is 0.416 e. The van der Waals surface area contributed by atoms with E-state index in [2.05, 4.69) is 20.9 Å². The monoisotopic (exact) mass is 338 g/mol. The zero-order valence-corrected chi connectivity index (χ0v) is 12.6. The molecule has 3 rings (SSSR count). The van der Waals surface area contributed by atoms with Crippen LogP contribution in [0, 0.1) is 0 Å². The third-order valence-electron chi connectivity index (χ3n) is 2.83. The van der Waals surface area contributed by atoms with E-state index in [0.29, 0.717) is 11.7 Å². The van der Waals surface area contributed by atoms with Gasteiger partial charge in [0.2, 0.25) is 0 Å². The third-order valence-corrected chi connectivity index (χ3v) is 4.22. The van der Waals surface area contributed by atoms with Crippen molar-refractivity contribution in [1.29, 1.82) is 0 Å². The number of hydrogen-bond acceptors (Lipinski definition) is 4. The number of hydrogen-bond donors (Lipinski definition) is 0. The van der Waals surface area contributed by atoms with Gasteiger partial charge in [-0.1, -0.05) is 28.1 Å². The number of anilines is 1. The summed E-state index contributed by atoms with van der Waals surface area (Å²) in [5.41, 5.74) is 1.91. The number of cyclic esters (lactones) is 1. The number of nitrogens with zero attached hydrogens (tertiary/aromatic N) is 2. The summed E-state index contributed by atoms with van der Waals surface area (Å²) >= 11 is 4.86. The average molecular weight is 339 g/mol. The van der Waals surface area contributed by atoms with Gasteiger partial charge in [0, 0.05) is 15.4 Å². The second-order valence-electron chi connectivity index (χ2n) is 4.33. The van der Waals surface area contributed by atoms with Crippen molar-refractivity contribution in [1.82, 2.24) is 4.98 Å². The van der Waals surface area contributed by atoms with Crippen molar-refractivity contribution in [2.24, 2.45) is 0 Å². The molecule has 2 heterocycles. The highest BCUT2D eigenvalue weighted by Crippen LogP contribution is 2.30. The van der Waals surface area contributed by atoms with Gasteiger partial charge < -0.3 is 4.74 Å². The number of carbonyl (C=O) groups excluding carboxylic acids is 1. The van der Waals surface area contributed by atoms with Crippen molar-refractivity contribution < 1.29 is 9.53 Å². The van der Waals surface area contributed by atoms with Crippen LogP contribution in [0.2, 0.25) is 0 Å². The first-order valence-corrected chi connectivity index (χ1v) is 7.50. The lowest BCUT2D eigenvalue weighted by Crippen LogP contribution is -2.23. The summed E-state index contributed by atoms with van der Waals surface area (Å²) in [6.45, 7) is 2.44. The molecule has 0 saturated carbocycles. The van der Waals surface area contributed by atoms with Gasteiger partial charge >= 0.3 is 6.09 Å². The molecule has 4 nitrogen and oxygen atoms in total. The summed E-state index contributed by atoms with van der Waals surface area (Å²) in [5.74, 6) is 0. The minimum Gasteiger partial charge on any atom is -0.444 e. The van der Waals surface area contributed by atoms with E-state index >= 15 is 0 Å². The first-order valence-electron chi connectivity index (χ1n) is 5.83. The SMILES string of the molecule is CC1CN(c2nc(-c3ccc(Br)cc3)cs2)C(=O)O1. The van der Waals surface area contributed by atoms with Gasteiger partial charge in [-0.15, -0.1) is 11.3 Å². The fourth-order valence-electron chi connectivity index (χ4n) is 1.90. The molecular formula is C13H11BrN2O2S. The molecule has 2 aromatic rings. The summed E-state index contributed by atoms with van der Waals surface area (Å²) in [6.07, 6.45) is -0.392. The Kier molecular flexibility index (Phi) is 3.28. The highest BCUT2D eigenvalue weighted by molar-refractivity contribution is 9.10. The first kappa shape index (κ1) is 12.6. The summed E-state index contributed by atoms with van der Waals surface area (Å²) in [4.78, 5) is 17.7. The van der Waals surface area contributed by atoms with Crippen molar-refractivity contribution in [2.75, 3.05) is 11.4 Å². The predicted molar refractivity (Wildman–Crippen MR) is 78.5 cm³/mol. The van der Waals surface area contributed by atoms with Crippen molar-refractivity contribution >= 4 is 38.5 Å². The number of thiazole rings is 1. The Morgan fingerprint density at radius 1 is 1.42 bits per heavy atom. The summed E-state index contributed by atoms with van der Waals surface area (Å²) in [5, 5.41) is 2.64. The quantitative estimate of drug-likeness (QED) is 0.833. The molecule has 1 unspecified atom stereocenters. The molecule has 0 bridgehead atoms. The van der Waals surface area contributed by atoms with Crippen LogP contribution < -0.4 is 4.90 Å². The number of aromatic nitrogens is 1. The fourth-order valence-corrected chi connectivity index (χ4v) is 3.00. The molecule has 1 aliphatic rings. The van der Waals surface area contributed by atoms with E-state index in [1.54, 1.807) is 4.90 Å². The van der Waals surface area contributed by atoms with E-state index in [0.717, 1.165) is 15.7 Å². The van der Waals surface area contributed by atoms with Crippen molar-refractivity contribution in [2.45, 2.75) is 13.0 Å². The Morgan fingerprint density at radius 3 is 2.79 bits per heavy atom. The zero-order valence-electron chi connectivity index (χ0n) is 10.2. The lowest BCUT2D eigenvalue weighted by atomic mass is 10.2. The summed E-state index contributed by atoms with van der Waals surface area (Å²) in [6, 6.07) is 7.93. The number of carbonyl (C=O) groups is 1. The van der Waals surface area contributed by atoms with Gasteiger partial charge in [0.1, 0.15) is 6.10 Å². The predicted octanol–water partition coefficient (Wildman–Crippen LogP) is 3.92. The van der Waals surface area contributed by atoms with E-state index in [9.17, 15) is 4.79 Å². The standard InChI is InChI=1S/C13H11BrN2O2S/c1-8-6-16(13(17)18-8)12-15-11(7-19-12)9-2-4-10(14)5-3-9/h2-5,7-8H,6H2,1H3. The zero-order chi connectivity index (χ0) is 13.4. The van der Waals surface area contributed by atoms with Gasteiger partial charge in [-0.3, -0.25) is 0 Å². The number of benzene rings is 1. The molecule has 1 atom stereocenters. The van der Waals surface area contributed by atoms with E-state index in [-0.39, 0.29) is 12.2 Å². The highest BCUT2D eigenvalue weighted by Gasteiger charge is 2.31. The average Bonchev–Trinajstić information content (AvgIpc) is 2.97.